The van der Waals surface area contributed by atoms with Crippen molar-refractivity contribution >= 4 is 22.4 Å². The maximum absolute atomic E-state index is 5.88. The van der Waals surface area contributed by atoms with E-state index in [1.165, 1.54) is 16.0 Å². The number of thiazole rings is 1. The monoisotopic (exact) mass is 378 g/mol. The highest BCUT2D eigenvalue weighted by Crippen LogP contribution is 2.38. The van der Waals surface area contributed by atoms with Crippen molar-refractivity contribution in [1.82, 2.24) is 4.98 Å². The Labute approximate surface area is 162 Å². The predicted molar refractivity (Wildman–Crippen MR) is 110 cm³/mol. The number of hydrogen-bond acceptors (Lipinski definition) is 4. The molecule has 0 saturated heterocycles. The summed E-state index contributed by atoms with van der Waals surface area (Å²) in [6, 6.07) is 18.7. The molecule has 4 N–H and O–H groups in total. The van der Waals surface area contributed by atoms with E-state index in [-0.39, 0.29) is 5.96 Å². The summed E-state index contributed by atoms with van der Waals surface area (Å²) in [7, 11) is 0. The summed E-state index contributed by atoms with van der Waals surface area (Å²) in [6.45, 7) is 0.585. The van der Waals surface area contributed by atoms with Gasteiger partial charge in [-0.3, -0.25) is 0 Å². The van der Waals surface area contributed by atoms with Gasteiger partial charge >= 0.3 is 0 Å². The fourth-order valence-corrected chi connectivity index (χ4v) is 4.46. The third-order valence-electron chi connectivity index (χ3n) is 4.75. The van der Waals surface area contributed by atoms with Crippen molar-refractivity contribution in [2.45, 2.75) is 31.8 Å². The van der Waals surface area contributed by atoms with E-state index >= 15 is 0 Å². The average Bonchev–Trinajstić information content (AvgIpc) is 3.08. The highest BCUT2D eigenvalue weighted by molar-refractivity contribution is 7.15. The molecule has 0 spiro atoms. The second-order valence-corrected chi connectivity index (χ2v) is 7.75. The molecule has 1 unspecified atom stereocenters. The van der Waals surface area contributed by atoms with Crippen molar-refractivity contribution in [3.05, 3.63) is 76.3 Å². The minimum absolute atomic E-state index is 0.0590. The lowest BCUT2D eigenvalue weighted by molar-refractivity contribution is 0.306. The number of ether oxygens (including phenoxy) is 1. The van der Waals surface area contributed by atoms with Crippen LogP contribution in [0.25, 0.3) is 0 Å². The van der Waals surface area contributed by atoms with Crippen LogP contribution in [0.2, 0.25) is 0 Å². The molecule has 0 aliphatic heterocycles. The van der Waals surface area contributed by atoms with Crippen LogP contribution in [0.5, 0.6) is 5.75 Å². The van der Waals surface area contributed by atoms with E-state index in [1.807, 2.05) is 18.2 Å². The molecule has 4 rings (SSSR count). The zero-order chi connectivity index (χ0) is 18.6. The van der Waals surface area contributed by atoms with Gasteiger partial charge in [-0.25, -0.2) is 4.98 Å². The van der Waals surface area contributed by atoms with Gasteiger partial charge in [-0.05, 0) is 48.4 Å². The fraction of sp³-hybridized carbons (Fsp3) is 0.238. The zero-order valence-corrected chi connectivity index (χ0v) is 15.8. The third-order valence-corrected chi connectivity index (χ3v) is 5.77. The molecule has 0 bridgehead atoms. The van der Waals surface area contributed by atoms with Crippen LogP contribution in [-0.2, 0) is 19.4 Å². The molecular formula is C21H22N4OS. The first kappa shape index (κ1) is 17.5. The van der Waals surface area contributed by atoms with E-state index in [9.17, 15) is 0 Å². The van der Waals surface area contributed by atoms with Gasteiger partial charge < -0.3 is 16.2 Å². The maximum atomic E-state index is 5.88. The summed E-state index contributed by atoms with van der Waals surface area (Å²) in [5, 5.41) is 0.658. The van der Waals surface area contributed by atoms with Crippen molar-refractivity contribution in [1.29, 1.82) is 0 Å². The van der Waals surface area contributed by atoms with E-state index in [2.05, 4.69) is 46.4 Å². The van der Waals surface area contributed by atoms with E-state index in [1.54, 1.807) is 11.3 Å². The third kappa shape index (κ3) is 4.28. The number of rotatable bonds is 5. The van der Waals surface area contributed by atoms with Gasteiger partial charge in [0.1, 0.15) is 12.4 Å². The van der Waals surface area contributed by atoms with Crippen LogP contribution in [0.1, 0.15) is 34.0 Å². The number of nitrogens with zero attached hydrogens (tertiary/aromatic N) is 2. The first-order valence-electron chi connectivity index (χ1n) is 9.02. The smallest absolute Gasteiger partial charge is 0.212 e. The van der Waals surface area contributed by atoms with Gasteiger partial charge in [0.25, 0.3) is 0 Å². The summed E-state index contributed by atoms with van der Waals surface area (Å²) >= 11 is 1.59. The maximum Gasteiger partial charge on any atom is 0.212 e. The summed E-state index contributed by atoms with van der Waals surface area (Å²) in [5.74, 6) is 1.45. The molecule has 5 nitrogen and oxygen atoms in total. The van der Waals surface area contributed by atoms with Crippen molar-refractivity contribution < 1.29 is 4.74 Å². The summed E-state index contributed by atoms with van der Waals surface area (Å²) in [4.78, 5) is 9.91. The Kier molecular flexibility index (Phi) is 5.07. The van der Waals surface area contributed by atoms with E-state index in [0.717, 1.165) is 30.7 Å². The number of aryl methyl sites for hydroxylation is 1. The highest BCUT2D eigenvalue weighted by Gasteiger charge is 2.23. The summed E-state index contributed by atoms with van der Waals surface area (Å²) in [6.07, 6.45) is 3.03. The summed E-state index contributed by atoms with van der Waals surface area (Å²) < 4.78 is 5.88. The van der Waals surface area contributed by atoms with Crippen LogP contribution in [0, 0.1) is 0 Å². The fourth-order valence-electron chi connectivity index (χ4n) is 3.38. The SMILES string of the molecule is NC(N)=Nc1nc2c(s1)CC(c1ccc(OCc3ccccc3)cc1)CC2. The van der Waals surface area contributed by atoms with Gasteiger partial charge in [-0.15, -0.1) is 0 Å². The molecule has 1 atom stereocenters. The van der Waals surface area contributed by atoms with Gasteiger partial charge in [0.05, 0.1) is 5.69 Å². The Balaban J connectivity index is 1.41. The Bertz CT molecular complexity index is 931. The lowest BCUT2D eigenvalue weighted by Gasteiger charge is -2.21. The highest BCUT2D eigenvalue weighted by atomic mass is 32.1. The minimum atomic E-state index is 0.0590. The quantitative estimate of drug-likeness (QED) is 0.521. The average molecular weight is 379 g/mol. The molecular weight excluding hydrogens is 356 g/mol. The molecule has 0 amide bonds. The minimum Gasteiger partial charge on any atom is -0.489 e. The molecule has 1 aliphatic rings. The Hall–Kier alpha value is -2.86. The normalized spacial score (nSPS) is 15.8. The van der Waals surface area contributed by atoms with Crippen LogP contribution in [0.15, 0.2) is 59.6 Å². The predicted octanol–water partition coefficient (Wildman–Crippen LogP) is 3.90. The Morgan fingerprint density at radius 3 is 2.63 bits per heavy atom. The van der Waals surface area contributed by atoms with E-state index < -0.39 is 0 Å². The lowest BCUT2D eigenvalue weighted by atomic mass is 9.85. The van der Waals surface area contributed by atoms with Crippen LogP contribution in [0.4, 0.5) is 5.13 Å². The molecule has 1 aromatic heterocycles. The first-order chi connectivity index (χ1) is 13.2. The molecule has 3 aromatic rings. The standard InChI is InChI=1S/C21H22N4OS/c22-20(23)25-21-24-18-11-8-16(12-19(18)27-21)15-6-9-17(10-7-15)26-13-14-4-2-1-3-5-14/h1-7,9-10,16H,8,11-13H2,(H4,22,23,24,25). The van der Waals surface area contributed by atoms with Crippen molar-refractivity contribution in [2.75, 3.05) is 0 Å². The van der Waals surface area contributed by atoms with Gasteiger partial charge in [0, 0.05) is 4.88 Å². The van der Waals surface area contributed by atoms with Crippen LogP contribution < -0.4 is 16.2 Å². The molecule has 0 saturated carbocycles. The molecule has 0 radical (unpaired) electrons. The number of aliphatic imine (C=N–C) groups is 1. The molecule has 0 fully saturated rings. The Morgan fingerprint density at radius 1 is 1.11 bits per heavy atom. The van der Waals surface area contributed by atoms with Crippen LogP contribution >= 0.6 is 11.3 Å². The van der Waals surface area contributed by atoms with Crippen LogP contribution in [0.3, 0.4) is 0 Å². The van der Waals surface area contributed by atoms with E-state index in [0.29, 0.717) is 17.7 Å². The molecule has 138 valence electrons. The molecule has 1 heterocycles. The number of guanidine groups is 1. The molecule has 27 heavy (non-hydrogen) atoms. The van der Waals surface area contributed by atoms with Gasteiger partial charge in [0.15, 0.2) is 5.96 Å². The second kappa shape index (κ2) is 7.80. The number of hydrogen-bond donors (Lipinski definition) is 2. The van der Waals surface area contributed by atoms with Gasteiger partial charge in [-0.2, -0.15) is 4.99 Å². The summed E-state index contributed by atoms with van der Waals surface area (Å²) in [5.41, 5.74) is 14.6. The molecule has 6 heteroatoms. The van der Waals surface area contributed by atoms with Crippen LogP contribution in [-0.4, -0.2) is 10.9 Å². The number of benzene rings is 2. The Morgan fingerprint density at radius 2 is 1.89 bits per heavy atom. The zero-order valence-electron chi connectivity index (χ0n) is 15.0. The lowest BCUT2D eigenvalue weighted by Crippen LogP contribution is -2.21. The number of fused-ring (bicyclic) bond motifs is 1. The van der Waals surface area contributed by atoms with Gasteiger partial charge in [-0.1, -0.05) is 53.8 Å². The van der Waals surface area contributed by atoms with E-state index in [4.69, 9.17) is 16.2 Å². The second-order valence-electron chi connectivity index (χ2n) is 6.69. The largest absolute Gasteiger partial charge is 0.489 e. The number of aromatic nitrogens is 1. The van der Waals surface area contributed by atoms with Gasteiger partial charge in [0.2, 0.25) is 5.13 Å². The van der Waals surface area contributed by atoms with Crippen molar-refractivity contribution in [3.8, 4) is 5.75 Å². The topological polar surface area (TPSA) is 86.5 Å². The van der Waals surface area contributed by atoms with Crippen molar-refractivity contribution in [3.63, 3.8) is 0 Å². The first-order valence-corrected chi connectivity index (χ1v) is 9.84. The molecule has 2 aromatic carbocycles. The molecule has 1 aliphatic carbocycles. The number of nitrogens with two attached hydrogens (primary N) is 2. The van der Waals surface area contributed by atoms with Crippen molar-refractivity contribution in [2.24, 2.45) is 16.5 Å².